The molecule has 2 N–H and O–H groups in total. The van der Waals surface area contributed by atoms with Gasteiger partial charge in [-0.25, -0.2) is 4.39 Å². The van der Waals surface area contributed by atoms with Crippen LogP contribution in [0.5, 0.6) is 0 Å². The summed E-state index contributed by atoms with van der Waals surface area (Å²) in [6.07, 6.45) is 0. The van der Waals surface area contributed by atoms with Gasteiger partial charge in [0.1, 0.15) is 18.0 Å². The number of hydrogen-bond acceptors (Lipinski definition) is 3. The minimum absolute atomic E-state index is 0.300. The average molecular weight is 265 g/mol. The van der Waals surface area contributed by atoms with E-state index in [1.165, 1.54) is 25.3 Å². The molecule has 0 aliphatic rings. The second-order valence-electron chi connectivity index (χ2n) is 4.32. The lowest BCUT2D eigenvalue weighted by molar-refractivity contribution is -0.133. The topological polar surface area (TPSA) is 58.6 Å². The van der Waals surface area contributed by atoms with Crippen molar-refractivity contribution in [2.24, 2.45) is 0 Å². The van der Waals surface area contributed by atoms with Crippen LogP contribution in [0.1, 0.15) is 19.4 Å². The fourth-order valence-electron chi connectivity index (χ4n) is 1.23. The van der Waals surface area contributed by atoms with Gasteiger partial charge < -0.3 is 15.2 Å². The molecule has 0 saturated heterocycles. The SMILES string of the molecule is COC(C)(C)C(=O)Nc1ccc(F)cc1C#CCO. The Morgan fingerprint density at radius 3 is 2.79 bits per heavy atom. The van der Waals surface area contributed by atoms with Gasteiger partial charge in [0.05, 0.1) is 11.3 Å². The third-order valence-electron chi connectivity index (χ3n) is 2.59. The van der Waals surface area contributed by atoms with Crippen LogP contribution in [-0.2, 0) is 9.53 Å². The van der Waals surface area contributed by atoms with Crippen LogP contribution in [0.4, 0.5) is 10.1 Å². The molecule has 0 aliphatic heterocycles. The van der Waals surface area contributed by atoms with Crippen LogP contribution in [-0.4, -0.2) is 30.3 Å². The molecule has 1 amide bonds. The van der Waals surface area contributed by atoms with E-state index in [4.69, 9.17) is 9.84 Å². The summed E-state index contributed by atoms with van der Waals surface area (Å²) in [5, 5.41) is 11.3. The Morgan fingerprint density at radius 1 is 1.53 bits per heavy atom. The van der Waals surface area contributed by atoms with E-state index in [-0.39, 0.29) is 12.5 Å². The van der Waals surface area contributed by atoms with Crippen molar-refractivity contribution in [3.05, 3.63) is 29.6 Å². The van der Waals surface area contributed by atoms with Crippen LogP contribution in [0, 0.1) is 17.7 Å². The molecule has 0 bridgehead atoms. The molecule has 0 aromatic heterocycles. The van der Waals surface area contributed by atoms with E-state index >= 15 is 0 Å². The van der Waals surface area contributed by atoms with Crippen LogP contribution in [0.15, 0.2) is 18.2 Å². The largest absolute Gasteiger partial charge is 0.384 e. The highest BCUT2D eigenvalue weighted by molar-refractivity contribution is 5.97. The number of aliphatic hydroxyl groups excluding tert-OH is 1. The quantitative estimate of drug-likeness (QED) is 0.815. The zero-order chi connectivity index (χ0) is 14.5. The number of rotatable bonds is 3. The van der Waals surface area contributed by atoms with Gasteiger partial charge in [0.25, 0.3) is 5.91 Å². The number of anilines is 1. The minimum atomic E-state index is -1.00. The van der Waals surface area contributed by atoms with E-state index in [0.29, 0.717) is 11.3 Å². The van der Waals surface area contributed by atoms with Gasteiger partial charge >= 0.3 is 0 Å². The van der Waals surface area contributed by atoms with Gasteiger partial charge in [-0.3, -0.25) is 4.79 Å². The molecular formula is C14H16FNO3. The molecule has 4 nitrogen and oxygen atoms in total. The van der Waals surface area contributed by atoms with Crippen LogP contribution >= 0.6 is 0 Å². The number of nitrogens with one attached hydrogen (secondary N) is 1. The van der Waals surface area contributed by atoms with Crippen LogP contribution in [0.25, 0.3) is 0 Å². The van der Waals surface area contributed by atoms with E-state index in [1.54, 1.807) is 13.8 Å². The molecule has 1 aromatic rings. The average Bonchev–Trinajstić information content (AvgIpc) is 2.38. The Morgan fingerprint density at radius 2 is 2.21 bits per heavy atom. The summed E-state index contributed by atoms with van der Waals surface area (Å²) in [6, 6.07) is 3.83. The van der Waals surface area contributed by atoms with Crippen molar-refractivity contribution in [3.8, 4) is 11.8 Å². The fraction of sp³-hybridized carbons (Fsp3) is 0.357. The first-order chi connectivity index (χ1) is 8.90. The van der Waals surface area contributed by atoms with Crippen molar-refractivity contribution in [2.75, 3.05) is 19.0 Å². The minimum Gasteiger partial charge on any atom is -0.384 e. The number of carbonyl (C=O) groups is 1. The van der Waals surface area contributed by atoms with E-state index in [9.17, 15) is 9.18 Å². The summed E-state index contributed by atoms with van der Waals surface area (Å²) in [4.78, 5) is 11.9. The highest BCUT2D eigenvalue weighted by Gasteiger charge is 2.27. The Bertz CT molecular complexity index is 529. The molecule has 1 rings (SSSR count). The molecule has 0 fully saturated rings. The molecule has 5 heteroatoms. The molecule has 1 aromatic carbocycles. The fourth-order valence-corrected chi connectivity index (χ4v) is 1.23. The van der Waals surface area contributed by atoms with Crippen molar-refractivity contribution in [2.45, 2.75) is 19.4 Å². The van der Waals surface area contributed by atoms with Crippen molar-refractivity contribution in [3.63, 3.8) is 0 Å². The summed E-state index contributed by atoms with van der Waals surface area (Å²) >= 11 is 0. The summed E-state index contributed by atoms with van der Waals surface area (Å²) in [6.45, 7) is 2.89. The molecule has 0 saturated carbocycles. The molecule has 102 valence electrons. The summed E-state index contributed by atoms with van der Waals surface area (Å²) in [7, 11) is 1.43. The maximum atomic E-state index is 13.1. The zero-order valence-electron chi connectivity index (χ0n) is 11.1. The van der Waals surface area contributed by atoms with Gasteiger partial charge in [0, 0.05) is 7.11 Å². The first kappa shape index (κ1) is 15.2. The van der Waals surface area contributed by atoms with E-state index in [1.807, 2.05) is 0 Å². The summed E-state index contributed by atoms with van der Waals surface area (Å²) in [5.41, 5.74) is -0.331. The Hall–Kier alpha value is -1.90. The predicted octanol–water partition coefficient (Wildman–Crippen LogP) is 1.53. The molecule has 0 aliphatic carbocycles. The van der Waals surface area contributed by atoms with Gasteiger partial charge in [-0.1, -0.05) is 11.8 Å². The van der Waals surface area contributed by atoms with E-state index in [2.05, 4.69) is 17.2 Å². The lowest BCUT2D eigenvalue weighted by Gasteiger charge is -2.22. The summed E-state index contributed by atoms with van der Waals surface area (Å²) in [5.74, 6) is 4.16. The first-order valence-electron chi connectivity index (χ1n) is 5.66. The third-order valence-corrected chi connectivity index (χ3v) is 2.59. The predicted molar refractivity (Wildman–Crippen MR) is 70.1 cm³/mol. The standard InChI is InChI=1S/C14H16FNO3/c1-14(2,19-3)13(18)16-12-7-6-11(15)9-10(12)5-4-8-17/h6-7,9,17H,8H2,1-3H3,(H,16,18). The number of benzene rings is 1. The first-order valence-corrected chi connectivity index (χ1v) is 5.66. The smallest absolute Gasteiger partial charge is 0.256 e. The maximum absolute atomic E-state index is 13.1. The highest BCUT2D eigenvalue weighted by Crippen LogP contribution is 2.19. The van der Waals surface area contributed by atoms with Crippen LogP contribution in [0.2, 0.25) is 0 Å². The van der Waals surface area contributed by atoms with E-state index in [0.717, 1.165) is 0 Å². The molecule has 19 heavy (non-hydrogen) atoms. The maximum Gasteiger partial charge on any atom is 0.256 e. The van der Waals surface area contributed by atoms with E-state index < -0.39 is 11.4 Å². The zero-order valence-corrected chi connectivity index (χ0v) is 11.1. The summed E-state index contributed by atoms with van der Waals surface area (Å²) < 4.78 is 18.2. The Labute approximate surface area is 111 Å². The number of aliphatic hydroxyl groups is 1. The number of methoxy groups -OCH3 is 1. The second-order valence-corrected chi connectivity index (χ2v) is 4.32. The molecule has 0 heterocycles. The monoisotopic (exact) mass is 265 g/mol. The third kappa shape index (κ3) is 4.05. The number of halogens is 1. The van der Waals surface area contributed by atoms with Crippen molar-refractivity contribution in [1.29, 1.82) is 0 Å². The molecule has 0 spiro atoms. The van der Waals surface area contributed by atoms with Crippen LogP contribution < -0.4 is 5.32 Å². The Kier molecular flexibility index (Phi) is 5.04. The van der Waals surface area contributed by atoms with Gasteiger partial charge in [-0.2, -0.15) is 0 Å². The second kappa shape index (κ2) is 6.32. The van der Waals surface area contributed by atoms with Gasteiger partial charge in [0.2, 0.25) is 0 Å². The lowest BCUT2D eigenvalue weighted by Crippen LogP contribution is -2.39. The molecule has 0 unspecified atom stereocenters. The van der Waals surface area contributed by atoms with Crippen molar-refractivity contribution >= 4 is 11.6 Å². The van der Waals surface area contributed by atoms with Gasteiger partial charge in [-0.15, -0.1) is 0 Å². The van der Waals surface area contributed by atoms with Crippen molar-refractivity contribution in [1.82, 2.24) is 0 Å². The van der Waals surface area contributed by atoms with Crippen LogP contribution in [0.3, 0.4) is 0 Å². The van der Waals surface area contributed by atoms with Crippen molar-refractivity contribution < 1.29 is 19.0 Å². The number of amides is 1. The number of ether oxygens (including phenoxy) is 1. The van der Waals surface area contributed by atoms with Gasteiger partial charge in [-0.05, 0) is 32.0 Å². The molecule has 0 atom stereocenters. The molecule has 0 radical (unpaired) electrons. The van der Waals surface area contributed by atoms with Gasteiger partial charge in [0.15, 0.2) is 0 Å². The number of carbonyl (C=O) groups excluding carboxylic acids is 1. The molecular weight excluding hydrogens is 249 g/mol. The highest BCUT2D eigenvalue weighted by atomic mass is 19.1. The number of hydrogen-bond donors (Lipinski definition) is 2. The Balaban J connectivity index is 3.04. The normalized spacial score (nSPS) is 10.6. The lowest BCUT2D eigenvalue weighted by atomic mass is 10.1.